The van der Waals surface area contributed by atoms with Crippen molar-refractivity contribution >= 4 is 28.1 Å². The average Bonchev–Trinajstić information content (AvgIpc) is 2.94. The van der Waals surface area contributed by atoms with E-state index in [9.17, 15) is 0 Å². The Hall–Kier alpha value is -0.306. The van der Waals surface area contributed by atoms with Gasteiger partial charge in [0.25, 0.3) is 0 Å². The molecule has 42 heavy (non-hydrogen) atoms. The van der Waals surface area contributed by atoms with E-state index in [2.05, 4.69) is 67.0 Å². The average molecular weight is 621 g/mol. The zero-order valence-electron chi connectivity index (χ0n) is 29.9. The van der Waals surface area contributed by atoms with Gasteiger partial charge in [-0.05, 0) is 127 Å². The second-order valence-electron chi connectivity index (χ2n) is 15.5. The molecule has 2 aliphatic carbocycles. The monoisotopic (exact) mass is 621 g/mol. The minimum atomic E-state index is -1.47. The van der Waals surface area contributed by atoms with Gasteiger partial charge in [-0.3, -0.25) is 9.98 Å². The van der Waals surface area contributed by atoms with Gasteiger partial charge < -0.3 is 8.85 Å². The highest BCUT2D eigenvalue weighted by molar-refractivity contribution is 6.70. The predicted octanol–water partition coefficient (Wildman–Crippen LogP) is 11.1. The lowest BCUT2D eigenvalue weighted by Gasteiger charge is -2.37. The summed E-state index contributed by atoms with van der Waals surface area (Å²) in [6.45, 7) is 25.2. The van der Waals surface area contributed by atoms with Crippen molar-refractivity contribution in [2.45, 2.75) is 182 Å². The summed E-state index contributed by atoms with van der Waals surface area (Å²) in [6.07, 6.45) is 19.8. The topological polar surface area (TPSA) is 43.2 Å². The summed E-state index contributed by atoms with van der Waals surface area (Å²) in [4.78, 5) is 11.6. The van der Waals surface area contributed by atoms with Crippen molar-refractivity contribution in [2.24, 2.45) is 33.7 Å². The number of rotatable bonds is 19. The molecule has 6 heteroatoms. The van der Waals surface area contributed by atoms with Gasteiger partial charge in [-0.1, -0.05) is 66.2 Å². The van der Waals surface area contributed by atoms with Crippen molar-refractivity contribution in [3.63, 3.8) is 0 Å². The molecule has 0 heterocycles. The summed E-state index contributed by atoms with van der Waals surface area (Å²) >= 11 is 0. The third-order valence-electron chi connectivity index (χ3n) is 9.96. The highest BCUT2D eigenvalue weighted by Gasteiger charge is 2.34. The van der Waals surface area contributed by atoms with Gasteiger partial charge in [-0.15, -0.1) is 0 Å². The molecule has 0 amide bonds. The molecule has 246 valence electrons. The van der Waals surface area contributed by atoms with E-state index in [1.807, 2.05) is 0 Å². The Morgan fingerprint density at radius 1 is 0.524 bits per heavy atom. The normalized spacial score (nSPS) is 28.3. The molecule has 2 fully saturated rings. The van der Waals surface area contributed by atoms with Crippen LogP contribution in [-0.4, -0.2) is 53.4 Å². The lowest BCUT2D eigenvalue weighted by molar-refractivity contribution is 0.211. The number of hydrogen-bond acceptors (Lipinski definition) is 4. The molecule has 2 saturated carbocycles. The van der Waals surface area contributed by atoms with Crippen LogP contribution in [0.25, 0.3) is 0 Å². The molecule has 4 nitrogen and oxygen atoms in total. The van der Waals surface area contributed by atoms with Gasteiger partial charge in [0, 0.05) is 13.2 Å². The Labute approximate surface area is 265 Å². The molecular weight excluding hydrogens is 549 g/mol. The van der Waals surface area contributed by atoms with Crippen molar-refractivity contribution in [1.29, 1.82) is 0 Å². The van der Waals surface area contributed by atoms with Crippen LogP contribution in [-0.2, 0) is 8.85 Å². The van der Waals surface area contributed by atoms with E-state index < -0.39 is 16.6 Å². The highest BCUT2D eigenvalue weighted by Crippen LogP contribution is 2.38. The van der Waals surface area contributed by atoms with Crippen molar-refractivity contribution in [3.05, 3.63) is 0 Å². The first-order valence-electron chi connectivity index (χ1n) is 18.3. The molecule has 4 unspecified atom stereocenters. The summed E-state index contributed by atoms with van der Waals surface area (Å²) in [6, 6.07) is 0.940. The molecular formula is C36H72N2O2Si2. The number of nitrogens with zero attached hydrogens (tertiary/aromatic N) is 2. The van der Waals surface area contributed by atoms with Gasteiger partial charge in [0.15, 0.2) is 16.6 Å². The first-order chi connectivity index (χ1) is 19.9. The fourth-order valence-corrected chi connectivity index (χ4v) is 8.93. The predicted molar refractivity (Wildman–Crippen MR) is 192 cm³/mol. The molecule has 2 rings (SSSR count). The molecule has 4 atom stereocenters. The van der Waals surface area contributed by atoms with E-state index in [0.717, 1.165) is 75.4 Å². The second-order valence-corrected chi connectivity index (χ2v) is 24.5. The molecule has 0 aliphatic heterocycles. The fraction of sp³-hybridized carbons (Fsp3) is 0.944. The molecule has 0 aromatic heterocycles. The zero-order valence-corrected chi connectivity index (χ0v) is 31.9. The van der Waals surface area contributed by atoms with Gasteiger partial charge in [0.2, 0.25) is 0 Å². The van der Waals surface area contributed by atoms with Crippen LogP contribution >= 0.6 is 0 Å². The largest absolute Gasteiger partial charge is 0.418 e. The van der Waals surface area contributed by atoms with Crippen LogP contribution in [0.2, 0.25) is 39.3 Å². The van der Waals surface area contributed by atoms with E-state index >= 15 is 0 Å². The Bertz CT molecular complexity index is 711. The number of hydrogen-bond donors (Lipinski definition) is 0. The van der Waals surface area contributed by atoms with E-state index in [0.29, 0.717) is 12.1 Å². The Morgan fingerprint density at radius 2 is 0.833 bits per heavy atom. The summed E-state index contributed by atoms with van der Waals surface area (Å²) in [5.74, 6) is 2.90. The van der Waals surface area contributed by atoms with Gasteiger partial charge in [-0.2, -0.15) is 0 Å². The molecule has 0 aromatic rings. The first-order valence-corrected chi connectivity index (χ1v) is 25.2. The Kier molecular flexibility index (Phi) is 17.4. The molecule has 0 aromatic carbocycles. The van der Waals surface area contributed by atoms with Crippen LogP contribution in [0, 0.1) is 23.7 Å². The summed E-state index contributed by atoms with van der Waals surface area (Å²) in [7, 11) is -2.95. The number of aliphatic imine (C=N–C) groups is 2. The maximum absolute atomic E-state index is 6.25. The lowest BCUT2D eigenvalue weighted by atomic mass is 9.74. The van der Waals surface area contributed by atoms with Crippen LogP contribution in [0.15, 0.2) is 9.98 Å². The molecule has 0 spiro atoms. The SMILES string of the molecule is CCC1CCCC(CC)C1N=C(CCCCO[Si](C)(C)C)C(CCCCO[Si](C)(C)C)=NC1C(CC)CCCC1CC. The summed E-state index contributed by atoms with van der Waals surface area (Å²) < 4.78 is 12.5. The van der Waals surface area contributed by atoms with Gasteiger partial charge >= 0.3 is 0 Å². The molecule has 0 saturated heterocycles. The van der Waals surface area contributed by atoms with Crippen molar-refractivity contribution in [3.8, 4) is 0 Å². The third kappa shape index (κ3) is 13.8. The minimum Gasteiger partial charge on any atom is -0.418 e. The Morgan fingerprint density at radius 3 is 1.10 bits per heavy atom. The zero-order chi connectivity index (χ0) is 31.2. The first kappa shape index (κ1) is 37.9. The second kappa shape index (κ2) is 19.3. The standard InChI is InChI=1S/C36H72N2O2Si2/c1-11-29-21-19-22-30(12-2)35(29)37-33(25-15-17-27-39-41(5,6)7)34(26-16-18-28-40-42(8,9)10)38-36-31(13-3)23-20-24-32(36)14-4/h29-32,35-36H,11-28H2,1-10H3. The highest BCUT2D eigenvalue weighted by atomic mass is 28.4. The van der Waals surface area contributed by atoms with Crippen molar-refractivity contribution in [1.82, 2.24) is 0 Å². The van der Waals surface area contributed by atoms with Gasteiger partial charge in [0.05, 0.1) is 23.5 Å². The van der Waals surface area contributed by atoms with Crippen molar-refractivity contribution in [2.75, 3.05) is 13.2 Å². The van der Waals surface area contributed by atoms with Crippen LogP contribution in [0.5, 0.6) is 0 Å². The summed E-state index contributed by atoms with van der Waals surface area (Å²) in [5.41, 5.74) is 2.74. The quantitative estimate of drug-likeness (QED) is 0.0819. The fourth-order valence-electron chi connectivity index (χ4n) is 7.41. The van der Waals surface area contributed by atoms with Gasteiger partial charge in [-0.25, -0.2) is 0 Å². The smallest absolute Gasteiger partial charge is 0.183 e. The van der Waals surface area contributed by atoms with Crippen LogP contribution in [0.3, 0.4) is 0 Å². The Balaban J connectivity index is 2.42. The van der Waals surface area contributed by atoms with E-state index in [1.165, 1.54) is 75.6 Å². The molecule has 2 aliphatic rings. The lowest BCUT2D eigenvalue weighted by Crippen LogP contribution is -2.35. The van der Waals surface area contributed by atoms with Crippen LogP contribution < -0.4 is 0 Å². The van der Waals surface area contributed by atoms with Crippen LogP contribution in [0.1, 0.15) is 130 Å². The molecule has 0 N–H and O–H groups in total. The van der Waals surface area contributed by atoms with E-state index in [4.69, 9.17) is 18.8 Å². The van der Waals surface area contributed by atoms with E-state index in [1.54, 1.807) is 0 Å². The third-order valence-corrected chi connectivity index (χ3v) is 12.1. The maximum atomic E-state index is 6.25. The van der Waals surface area contributed by atoms with Gasteiger partial charge in [0.1, 0.15) is 0 Å². The summed E-state index contributed by atoms with van der Waals surface area (Å²) in [5, 5.41) is 0. The number of unbranched alkanes of at least 4 members (excludes halogenated alkanes) is 2. The van der Waals surface area contributed by atoms with Crippen molar-refractivity contribution < 1.29 is 8.85 Å². The van der Waals surface area contributed by atoms with E-state index in [-0.39, 0.29) is 0 Å². The maximum Gasteiger partial charge on any atom is 0.183 e. The molecule has 0 bridgehead atoms. The van der Waals surface area contributed by atoms with Crippen LogP contribution in [0.4, 0.5) is 0 Å². The molecule has 0 radical (unpaired) electrons. The minimum absolute atomic E-state index is 0.470.